The fourth-order valence-electron chi connectivity index (χ4n) is 7.74. The van der Waals surface area contributed by atoms with Gasteiger partial charge in [-0.05, 0) is 12.8 Å². The van der Waals surface area contributed by atoms with Gasteiger partial charge in [-0.25, -0.2) is 0 Å². The highest BCUT2D eigenvalue weighted by molar-refractivity contribution is 5.69. The van der Waals surface area contributed by atoms with Gasteiger partial charge in [0.05, 0.1) is 13.2 Å². The Morgan fingerprint density at radius 2 is 0.623 bits per heavy atom. The molecule has 4 heteroatoms. The minimum atomic E-state index is -0.525. The predicted molar refractivity (Wildman–Crippen MR) is 233 cm³/mol. The van der Waals surface area contributed by atoms with Crippen LogP contribution in [0.25, 0.3) is 0 Å². The van der Waals surface area contributed by atoms with E-state index in [0.29, 0.717) is 19.6 Å². The van der Waals surface area contributed by atoms with Crippen LogP contribution in [0.2, 0.25) is 0 Å². The van der Waals surface area contributed by atoms with Crippen LogP contribution in [0, 0.1) is 0 Å². The maximum atomic E-state index is 12.2. The highest BCUT2D eigenvalue weighted by atomic mass is 16.6. The molecule has 0 saturated carbocycles. The molecule has 1 atom stereocenters. The van der Waals surface area contributed by atoms with Crippen molar-refractivity contribution in [3.8, 4) is 0 Å². The zero-order valence-electron chi connectivity index (χ0n) is 36.6. The monoisotopic (exact) mass is 751 g/mol. The van der Waals surface area contributed by atoms with E-state index in [1.54, 1.807) is 0 Å². The van der Waals surface area contributed by atoms with Gasteiger partial charge in [0.25, 0.3) is 0 Å². The number of ether oxygens (including phenoxy) is 2. The van der Waals surface area contributed by atoms with Gasteiger partial charge in [-0.1, -0.05) is 264 Å². The molecule has 4 nitrogen and oxygen atoms in total. The third-order valence-corrected chi connectivity index (χ3v) is 11.4. The number of aliphatic hydroxyl groups excluding tert-OH is 1. The second-order valence-corrected chi connectivity index (χ2v) is 16.9. The van der Waals surface area contributed by atoms with Crippen molar-refractivity contribution in [1.29, 1.82) is 0 Å². The average molecular weight is 751 g/mol. The van der Waals surface area contributed by atoms with E-state index in [1.807, 2.05) is 0 Å². The van der Waals surface area contributed by atoms with Crippen molar-refractivity contribution < 1.29 is 19.4 Å². The zero-order valence-corrected chi connectivity index (χ0v) is 36.6. The van der Waals surface area contributed by atoms with E-state index in [-0.39, 0.29) is 12.6 Å². The summed E-state index contributed by atoms with van der Waals surface area (Å²) in [6, 6.07) is 0. The molecule has 1 unspecified atom stereocenters. The van der Waals surface area contributed by atoms with Crippen molar-refractivity contribution in [2.24, 2.45) is 0 Å². The summed E-state index contributed by atoms with van der Waals surface area (Å²) in [4.78, 5) is 12.2. The fraction of sp³-hybridized carbons (Fsp3) is 0.980. The van der Waals surface area contributed by atoms with E-state index in [0.717, 1.165) is 19.3 Å². The number of aliphatic hydroxyl groups is 1. The van der Waals surface area contributed by atoms with Crippen LogP contribution >= 0.6 is 0 Å². The first-order valence-corrected chi connectivity index (χ1v) is 24.6. The summed E-state index contributed by atoms with van der Waals surface area (Å²) >= 11 is 0. The number of rotatable bonds is 47. The largest absolute Gasteiger partial charge is 0.457 e. The van der Waals surface area contributed by atoms with Gasteiger partial charge in [-0.3, -0.25) is 4.79 Å². The quantitative estimate of drug-likeness (QED) is 0.0497. The van der Waals surface area contributed by atoms with Crippen molar-refractivity contribution in [2.45, 2.75) is 290 Å². The molecule has 0 aromatic heterocycles. The van der Waals surface area contributed by atoms with E-state index in [4.69, 9.17) is 9.47 Å². The molecule has 0 aromatic carbocycles. The smallest absolute Gasteiger partial charge is 0.306 e. The average Bonchev–Trinajstić information content (AvgIpc) is 3.16. The highest BCUT2D eigenvalue weighted by Crippen LogP contribution is 2.17. The topological polar surface area (TPSA) is 55.8 Å². The lowest BCUT2D eigenvalue weighted by Gasteiger charge is -2.16. The number of carbonyl (C=O) groups excluding carboxylic acids is 1. The van der Waals surface area contributed by atoms with Crippen LogP contribution < -0.4 is 0 Å². The van der Waals surface area contributed by atoms with Crippen molar-refractivity contribution in [3.05, 3.63) is 0 Å². The molecule has 0 aromatic rings. The molecule has 0 aliphatic rings. The molecule has 0 aliphatic heterocycles. The van der Waals surface area contributed by atoms with E-state index >= 15 is 0 Å². The second kappa shape index (κ2) is 47.5. The van der Waals surface area contributed by atoms with Crippen molar-refractivity contribution in [2.75, 3.05) is 19.8 Å². The lowest BCUT2D eigenvalue weighted by molar-refractivity contribution is -0.154. The lowest BCUT2D eigenvalue weighted by Crippen LogP contribution is -2.27. The van der Waals surface area contributed by atoms with Crippen LogP contribution in [0.1, 0.15) is 284 Å². The number of esters is 1. The van der Waals surface area contributed by atoms with Crippen LogP contribution in [0.15, 0.2) is 0 Å². The molecule has 0 saturated heterocycles. The summed E-state index contributed by atoms with van der Waals surface area (Å²) in [7, 11) is 0. The number of hydrogen-bond donors (Lipinski definition) is 1. The Balaban J connectivity index is 3.33. The molecule has 0 spiro atoms. The normalized spacial score (nSPS) is 12.1. The number of unbranched alkanes of at least 4 members (excludes halogenated alkanes) is 39. The lowest BCUT2D eigenvalue weighted by atomic mass is 10.0. The van der Waals surface area contributed by atoms with Crippen LogP contribution in [0.4, 0.5) is 0 Å². The number of hydrogen-bond acceptors (Lipinski definition) is 4. The first-order valence-electron chi connectivity index (χ1n) is 24.6. The van der Waals surface area contributed by atoms with E-state index in [9.17, 15) is 9.90 Å². The minimum absolute atomic E-state index is 0.162. The molecule has 53 heavy (non-hydrogen) atoms. The summed E-state index contributed by atoms with van der Waals surface area (Å²) in [6.45, 7) is 5.42. The summed E-state index contributed by atoms with van der Waals surface area (Å²) in [5, 5.41) is 9.64. The molecule has 0 amide bonds. The zero-order chi connectivity index (χ0) is 38.4. The van der Waals surface area contributed by atoms with Gasteiger partial charge in [-0.2, -0.15) is 0 Å². The molecule has 0 bridgehead atoms. The summed E-state index contributed by atoms with van der Waals surface area (Å²) in [5.74, 6) is -0.191. The minimum Gasteiger partial charge on any atom is -0.457 e. The Kier molecular flexibility index (Phi) is 47.0. The van der Waals surface area contributed by atoms with Crippen LogP contribution in [-0.2, 0) is 14.3 Å². The third kappa shape index (κ3) is 45.7. The standard InChI is InChI=1S/C49H98O4/c1-3-5-7-9-11-13-15-17-19-21-23-25-26-28-30-32-34-36-38-40-42-44-49(51)53-48(46-50)47-52-45-43-41-39-37-35-33-31-29-27-24-22-20-18-16-14-12-10-8-6-4-2/h48,50H,3-47H2,1-2H3. The van der Waals surface area contributed by atoms with Crippen LogP contribution in [0.5, 0.6) is 0 Å². The number of carbonyl (C=O) groups is 1. The van der Waals surface area contributed by atoms with Gasteiger partial charge in [0.1, 0.15) is 6.10 Å². The second-order valence-electron chi connectivity index (χ2n) is 16.9. The fourth-order valence-corrected chi connectivity index (χ4v) is 7.74. The van der Waals surface area contributed by atoms with Gasteiger partial charge in [0, 0.05) is 13.0 Å². The predicted octanol–water partition coefficient (Wildman–Crippen LogP) is 16.3. The first-order chi connectivity index (χ1) is 26.2. The summed E-state index contributed by atoms with van der Waals surface area (Å²) in [6.07, 6.45) is 56.2. The molecular weight excluding hydrogens is 653 g/mol. The SMILES string of the molecule is CCCCCCCCCCCCCCCCCCCCCCCC(=O)OC(CO)COCCCCCCCCCCCCCCCCCCCCCC. The summed E-state index contributed by atoms with van der Waals surface area (Å²) < 4.78 is 11.2. The van der Waals surface area contributed by atoms with Crippen LogP contribution in [0.3, 0.4) is 0 Å². The van der Waals surface area contributed by atoms with Crippen molar-refractivity contribution >= 4 is 5.97 Å². The Bertz CT molecular complexity index is 667. The van der Waals surface area contributed by atoms with Crippen molar-refractivity contribution in [1.82, 2.24) is 0 Å². The highest BCUT2D eigenvalue weighted by Gasteiger charge is 2.13. The maximum absolute atomic E-state index is 12.2. The molecular formula is C49H98O4. The van der Waals surface area contributed by atoms with Gasteiger partial charge in [0.15, 0.2) is 0 Å². The molecule has 0 aliphatic carbocycles. The molecule has 1 N–H and O–H groups in total. The maximum Gasteiger partial charge on any atom is 0.306 e. The van der Waals surface area contributed by atoms with Gasteiger partial charge in [0.2, 0.25) is 0 Å². The van der Waals surface area contributed by atoms with Gasteiger partial charge >= 0.3 is 5.97 Å². The molecule has 318 valence electrons. The van der Waals surface area contributed by atoms with Crippen LogP contribution in [-0.4, -0.2) is 37.0 Å². The Hall–Kier alpha value is -0.610. The Morgan fingerprint density at radius 1 is 0.377 bits per heavy atom. The molecule has 0 rings (SSSR count). The van der Waals surface area contributed by atoms with Gasteiger partial charge < -0.3 is 14.6 Å². The first kappa shape index (κ1) is 52.4. The van der Waals surface area contributed by atoms with Crippen molar-refractivity contribution in [3.63, 3.8) is 0 Å². The van der Waals surface area contributed by atoms with Gasteiger partial charge in [-0.15, -0.1) is 0 Å². The summed E-state index contributed by atoms with van der Waals surface area (Å²) in [5.41, 5.74) is 0. The molecule has 0 radical (unpaired) electrons. The molecule has 0 heterocycles. The van der Waals surface area contributed by atoms with E-state index in [2.05, 4.69) is 13.8 Å². The van der Waals surface area contributed by atoms with E-state index < -0.39 is 6.10 Å². The third-order valence-electron chi connectivity index (χ3n) is 11.4. The Morgan fingerprint density at radius 3 is 0.887 bits per heavy atom. The Labute approximate surface area is 333 Å². The van der Waals surface area contributed by atoms with E-state index in [1.165, 1.54) is 244 Å². The molecule has 0 fully saturated rings.